The SMILES string of the molecule is Cc1cc(Br)c(C(O)C2CCC2)cc1Br. The first-order chi connectivity index (χ1) is 7.09. The lowest BCUT2D eigenvalue weighted by atomic mass is 9.79. The van der Waals surface area contributed by atoms with Crippen LogP contribution in [0.1, 0.15) is 36.5 Å². The van der Waals surface area contributed by atoms with Gasteiger partial charge in [-0.1, -0.05) is 38.3 Å². The maximum Gasteiger partial charge on any atom is 0.0829 e. The Morgan fingerprint density at radius 2 is 1.93 bits per heavy atom. The van der Waals surface area contributed by atoms with Crippen LogP contribution in [0.5, 0.6) is 0 Å². The average Bonchev–Trinajstić information content (AvgIpc) is 2.08. The van der Waals surface area contributed by atoms with E-state index in [9.17, 15) is 5.11 Å². The van der Waals surface area contributed by atoms with Crippen LogP contribution in [-0.4, -0.2) is 5.11 Å². The Hall–Kier alpha value is 0.140. The molecule has 1 fully saturated rings. The molecular formula is C12H14Br2O. The first kappa shape index (κ1) is 11.6. The maximum atomic E-state index is 10.2. The lowest BCUT2D eigenvalue weighted by Crippen LogP contribution is -2.20. The van der Waals surface area contributed by atoms with Crippen LogP contribution >= 0.6 is 31.9 Å². The molecule has 0 aromatic heterocycles. The van der Waals surface area contributed by atoms with Crippen LogP contribution < -0.4 is 0 Å². The van der Waals surface area contributed by atoms with Gasteiger partial charge in [-0.3, -0.25) is 0 Å². The number of aliphatic hydroxyl groups excluding tert-OH is 1. The monoisotopic (exact) mass is 332 g/mol. The third-order valence-corrected chi connectivity index (χ3v) is 4.73. The summed E-state index contributed by atoms with van der Waals surface area (Å²) in [5, 5.41) is 10.2. The van der Waals surface area contributed by atoms with Crippen LogP contribution in [0.15, 0.2) is 21.1 Å². The number of benzene rings is 1. The van der Waals surface area contributed by atoms with Crippen molar-refractivity contribution in [3.63, 3.8) is 0 Å². The second-order valence-electron chi connectivity index (χ2n) is 4.26. The van der Waals surface area contributed by atoms with Crippen molar-refractivity contribution in [1.82, 2.24) is 0 Å². The molecular weight excluding hydrogens is 320 g/mol. The Morgan fingerprint density at radius 1 is 1.27 bits per heavy atom. The molecule has 1 unspecified atom stereocenters. The summed E-state index contributed by atoms with van der Waals surface area (Å²) in [5.74, 6) is 0.455. The molecule has 1 atom stereocenters. The molecule has 0 bridgehead atoms. The van der Waals surface area contributed by atoms with Gasteiger partial charge in [0.1, 0.15) is 0 Å². The van der Waals surface area contributed by atoms with Gasteiger partial charge in [0.05, 0.1) is 6.10 Å². The zero-order chi connectivity index (χ0) is 11.0. The van der Waals surface area contributed by atoms with E-state index in [0.717, 1.165) is 27.4 Å². The predicted molar refractivity (Wildman–Crippen MR) is 68.9 cm³/mol. The molecule has 1 N–H and O–H groups in total. The van der Waals surface area contributed by atoms with Gasteiger partial charge in [0.2, 0.25) is 0 Å². The Morgan fingerprint density at radius 3 is 2.47 bits per heavy atom. The summed E-state index contributed by atoms with van der Waals surface area (Å²) in [6.07, 6.45) is 3.25. The fraction of sp³-hybridized carbons (Fsp3) is 0.500. The summed E-state index contributed by atoms with van der Waals surface area (Å²) in [6, 6.07) is 4.09. The third kappa shape index (κ3) is 2.29. The molecule has 2 rings (SSSR count). The molecule has 1 nitrogen and oxygen atoms in total. The number of aryl methyl sites for hydroxylation is 1. The summed E-state index contributed by atoms with van der Waals surface area (Å²) in [4.78, 5) is 0. The van der Waals surface area contributed by atoms with Gasteiger partial charge < -0.3 is 5.11 Å². The zero-order valence-electron chi connectivity index (χ0n) is 8.63. The molecule has 1 aliphatic carbocycles. The van der Waals surface area contributed by atoms with Crippen LogP contribution in [0.2, 0.25) is 0 Å². The number of hydrogen-bond donors (Lipinski definition) is 1. The van der Waals surface area contributed by atoms with Gasteiger partial charge in [-0.25, -0.2) is 0 Å². The molecule has 1 aromatic rings. The van der Waals surface area contributed by atoms with Crippen LogP contribution in [0, 0.1) is 12.8 Å². The van der Waals surface area contributed by atoms with E-state index >= 15 is 0 Å². The van der Waals surface area contributed by atoms with Crippen molar-refractivity contribution < 1.29 is 5.11 Å². The van der Waals surface area contributed by atoms with E-state index in [1.165, 1.54) is 12.0 Å². The van der Waals surface area contributed by atoms with Crippen LogP contribution in [0.3, 0.4) is 0 Å². The molecule has 0 amide bonds. The van der Waals surface area contributed by atoms with Gasteiger partial charge in [-0.2, -0.15) is 0 Å². The van der Waals surface area contributed by atoms with Crippen molar-refractivity contribution in [1.29, 1.82) is 0 Å². The van der Waals surface area contributed by atoms with Crippen molar-refractivity contribution in [2.75, 3.05) is 0 Å². The fourth-order valence-corrected chi connectivity index (χ4v) is 2.95. The van der Waals surface area contributed by atoms with Gasteiger partial charge in [0.15, 0.2) is 0 Å². The Bertz CT molecular complexity index is 372. The van der Waals surface area contributed by atoms with E-state index in [1.807, 2.05) is 13.0 Å². The zero-order valence-corrected chi connectivity index (χ0v) is 11.8. The second-order valence-corrected chi connectivity index (χ2v) is 5.97. The van der Waals surface area contributed by atoms with Crippen molar-refractivity contribution in [2.24, 2.45) is 5.92 Å². The predicted octanol–water partition coefficient (Wildman–Crippen LogP) is 4.35. The van der Waals surface area contributed by atoms with E-state index in [-0.39, 0.29) is 6.10 Å². The molecule has 1 aromatic carbocycles. The fourth-order valence-electron chi connectivity index (χ4n) is 1.90. The Kier molecular flexibility index (Phi) is 3.53. The molecule has 15 heavy (non-hydrogen) atoms. The summed E-state index contributed by atoms with van der Waals surface area (Å²) >= 11 is 7.03. The van der Waals surface area contributed by atoms with Crippen molar-refractivity contribution in [3.05, 3.63) is 32.2 Å². The number of halogens is 2. The molecule has 1 aliphatic rings. The Balaban J connectivity index is 2.30. The van der Waals surface area contributed by atoms with E-state index in [2.05, 4.69) is 37.9 Å². The van der Waals surface area contributed by atoms with Crippen LogP contribution in [0.25, 0.3) is 0 Å². The summed E-state index contributed by atoms with van der Waals surface area (Å²) in [7, 11) is 0. The van der Waals surface area contributed by atoms with Crippen LogP contribution in [0.4, 0.5) is 0 Å². The molecule has 0 spiro atoms. The maximum absolute atomic E-state index is 10.2. The van der Waals surface area contributed by atoms with Gasteiger partial charge >= 0.3 is 0 Å². The summed E-state index contributed by atoms with van der Waals surface area (Å²) < 4.78 is 2.08. The van der Waals surface area contributed by atoms with Crippen molar-refractivity contribution in [2.45, 2.75) is 32.3 Å². The minimum Gasteiger partial charge on any atom is -0.388 e. The molecule has 82 valence electrons. The van der Waals surface area contributed by atoms with E-state index in [0.29, 0.717) is 5.92 Å². The normalized spacial score (nSPS) is 18.7. The highest BCUT2D eigenvalue weighted by Crippen LogP contribution is 2.41. The Labute approximate surface area is 107 Å². The minimum absolute atomic E-state index is 0.315. The quantitative estimate of drug-likeness (QED) is 0.852. The van der Waals surface area contributed by atoms with Gasteiger partial charge in [0, 0.05) is 8.95 Å². The smallest absolute Gasteiger partial charge is 0.0829 e. The first-order valence-electron chi connectivity index (χ1n) is 5.23. The molecule has 1 saturated carbocycles. The lowest BCUT2D eigenvalue weighted by Gasteiger charge is -2.31. The number of aliphatic hydroxyl groups is 1. The van der Waals surface area contributed by atoms with Gasteiger partial charge in [0.25, 0.3) is 0 Å². The molecule has 0 aliphatic heterocycles. The minimum atomic E-state index is -0.315. The summed E-state index contributed by atoms with van der Waals surface area (Å²) in [6.45, 7) is 2.05. The van der Waals surface area contributed by atoms with Gasteiger partial charge in [-0.15, -0.1) is 0 Å². The molecule has 3 heteroatoms. The topological polar surface area (TPSA) is 20.2 Å². The highest BCUT2D eigenvalue weighted by atomic mass is 79.9. The summed E-state index contributed by atoms with van der Waals surface area (Å²) in [5.41, 5.74) is 2.20. The highest BCUT2D eigenvalue weighted by Gasteiger charge is 2.28. The lowest BCUT2D eigenvalue weighted by molar-refractivity contribution is 0.0615. The first-order valence-corrected chi connectivity index (χ1v) is 6.82. The van der Waals surface area contributed by atoms with E-state index < -0.39 is 0 Å². The van der Waals surface area contributed by atoms with E-state index in [4.69, 9.17) is 0 Å². The molecule has 0 saturated heterocycles. The average molecular weight is 334 g/mol. The van der Waals surface area contributed by atoms with Gasteiger partial charge in [-0.05, 0) is 48.9 Å². The van der Waals surface area contributed by atoms with E-state index in [1.54, 1.807) is 0 Å². The third-order valence-electron chi connectivity index (χ3n) is 3.19. The van der Waals surface area contributed by atoms with Crippen molar-refractivity contribution in [3.8, 4) is 0 Å². The molecule has 0 heterocycles. The highest BCUT2D eigenvalue weighted by molar-refractivity contribution is 9.11. The number of hydrogen-bond acceptors (Lipinski definition) is 1. The van der Waals surface area contributed by atoms with Crippen molar-refractivity contribution >= 4 is 31.9 Å². The number of rotatable bonds is 2. The second kappa shape index (κ2) is 4.56. The largest absolute Gasteiger partial charge is 0.388 e. The molecule has 0 radical (unpaired) electrons. The van der Waals surface area contributed by atoms with Crippen LogP contribution in [-0.2, 0) is 0 Å². The standard InChI is InChI=1S/C12H14Br2O/c1-7-5-11(14)9(6-10(7)13)12(15)8-3-2-4-8/h5-6,8,12,15H,2-4H2,1H3.